The van der Waals surface area contributed by atoms with E-state index in [2.05, 4.69) is 40.1 Å². The molecule has 3 aromatic heterocycles. The zero-order chi connectivity index (χ0) is 25.1. The van der Waals surface area contributed by atoms with Crippen LogP contribution in [0.25, 0.3) is 17.0 Å². The molecule has 1 fully saturated rings. The molecule has 36 heavy (non-hydrogen) atoms. The summed E-state index contributed by atoms with van der Waals surface area (Å²) < 4.78 is 34.7. The van der Waals surface area contributed by atoms with E-state index in [1.54, 1.807) is 36.7 Å². The van der Waals surface area contributed by atoms with E-state index >= 15 is 0 Å². The second-order valence-corrected chi connectivity index (χ2v) is 8.52. The van der Waals surface area contributed by atoms with Crippen LogP contribution in [0.2, 0.25) is 0 Å². The molecule has 1 aromatic carbocycles. The molecule has 0 atom stereocenters. The van der Waals surface area contributed by atoms with Crippen molar-refractivity contribution in [1.82, 2.24) is 39.4 Å². The number of anilines is 3. The monoisotopic (exact) mass is 496 g/mol. The number of aromatic nitrogens is 7. The first-order chi connectivity index (χ1) is 17.5. The number of alkyl halides is 2. The number of hydrogen-bond donors (Lipinski definition) is 1. The van der Waals surface area contributed by atoms with Gasteiger partial charge in [-0.2, -0.15) is 15.0 Å². The molecule has 11 nitrogen and oxygen atoms in total. The van der Waals surface area contributed by atoms with Gasteiger partial charge in [0.25, 0.3) is 6.43 Å². The van der Waals surface area contributed by atoms with Gasteiger partial charge in [-0.3, -0.25) is 4.57 Å². The molecule has 1 aliphatic rings. The van der Waals surface area contributed by atoms with Crippen LogP contribution in [0.1, 0.15) is 18.1 Å². The third-order valence-corrected chi connectivity index (χ3v) is 5.63. The Hall–Kier alpha value is -3.84. The van der Waals surface area contributed by atoms with E-state index in [-0.39, 0.29) is 11.9 Å². The Morgan fingerprint density at radius 2 is 1.72 bits per heavy atom. The van der Waals surface area contributed by atoms with Crippen molar-refractivity contribution >= 4 is 28.6 Å². The van der Waals surface area contributed by atoms with E-state index in [1.165, 1.54) is 4.57 Å². The van der Waals surface area contributed by atoms with Crippen molar-refractivity contribution in [3.8, 4) is 5.95 Å². The fraction of sp³-hybridized carbons (Fsp3) is 0.391. The van der Waals surface area contributed by atoms with Crippen molar-refractivity contribution in [3.63, 3.8) is 0 Å². The predicted molar refractivity (Wildman–Crippen MR) is 130 cm³/mol. The van der Waals surface area contributed by atoms with E-state index in [1.807, 2.05) is 19.0 Å². The second-order valence-electron chi connectivity index (χ2n) is 8.52. The van der Waals surface area contributed by atoms with Crippen molar-refractivity contribution in [1.29, 1.82) is 0 Å². The minimum atomic E-state index is -2.82. The van der Waals surface area contributed by atoms with Gasteiger partial charge >= 0.3 is 0 Å². The maximum atomic E-state index is 14.0. The number of nitrogens with one attached hydrogen (secondary N) is 1. The summed E-state index contributed by atoms with van der Waals surface area (Å²) in [6.07, 6.45) is 1.19. The highest BCUT2D eigenvalue weighted by Gasteiger charge is 2.24. The number of halogens is 2. The molecule has 1 N–H and O–H groups in total. The lowest BCUT2D eigenvalue weighted by Crippen LogP contribution is -2.37. The maximum absolute atomic E-state index is 14.0. The zero-order valence-electron chi connectivity index (χ0n) is 20.0. The van der Waals surface area contributed by atoms with Gasteiger partial charge in [0.2, 0.25) is 17.8 Å². The summed E-state index contributed by atoms with van der Waals surface area (Å²) in [7, 11) is 3.98. The SMILES string of the molecule is CN(C)CCc1ncc(Nc2nc(N3CCOCC3)nc(-n3c(C(F)F)nc4ccccc43)n2)cn1. The molecule has 1 saturated heterocycles. The van der Waals surface area contributed by atoms with E-state index in [9.17, 15) is 8.78 Å². The Balaban J connectivity index is 1.54. The largest absolute Gasteiger partial charge is 0.378 e. The lowest BCUT2D eigenvalue weighted by Gasteiger charge is -2.27. The summed E-state index contributed by atoms with van der Waals surface area (Å²) in [4.78, 5) is 30.5. The molecule has 0 amide bonds. The van der Waals surface area contributed by atoms with E-state index in [0.29, 0.717) is 61.2 Å². The smallest absolute Gasteiger partial charge is 0.296 e. The number of hydrogen-bond acceptors (Lipinski definition) is 10. The molecule has 4 aromatic rings. The quantitative estimate of drug-likeness (QED) is 0.391. The first-order valence-electron chi connectivity index (χ1n) is 11.6. The van der Waals surface area contributed by atoms with Gasteiger partial charge in [0.05, 0.1) is 42.3 Å². The van der Waals surface area contributed by atoms with Gasteiger partial charge in [-0.15, -0.1) is 0 Å². The molecule has 1 aliphatic heterocycles. The summed E-state index contributed by atoms with van der Waals surface area (Å²) in [6.45, 7) is 3.00. The summed E-state index contributed by atoms with van der Waals surface area (Å²) in [6, 6.07) is 6.89. The second kappa shape index (κ2) is 10.4. The highest BCUT2D eigenvalue weighted by Crippen LogP contribution is 2.28. The predicted octanol–water partition coefficient (Wildman–Crippen LogP) is 2.62. The fourth-order valence-electron chi connectivity index (χ4n) is 3.82. The summed E-state index contributed by atoms with van der Waals surface area (Å²) in [5.74, 6) is 0.860. The lowest BCUT2D eigenvalue weighted by atomic mass is 10.3. The number of fused-ring (bicyclic) bond motifs is 1. The first kappa shape index (κ1) is 23.9. The normalized spacial score (nSPS) is 14.2. The average Bonchev–Trinajstić information content (AvgIpc) is 3.29. The fourth-order valence-corrected chi connectivity index (χ4v) is 3.82. The van der Waals surface area contributed by atoms with Crippen molar-refractivity contribution in [3.05, 3.63) is 48.3 Å². The van der Waals surface area contributed by atoms with Gasteiger partial charge in [0, 0.05) is 26.1 Å². The van der Waals surface area contributed by atoms with Crippen LogP contribution in [0.3, 0.4) is 0 Å². The molecular weight excluding hydrogens is 470 g/mol. The van der Waals surface area contributed by atoms with Crippen LogP contribution >= 0.6 is 0 Å². The first-order valence-corrected chi connectivity index (χ1v) is 11.6. The molecule has 0 spiro atoms. The molecule has 0 aliphatic carbocycles. The standard InChI is InChI=1S/C23H26F2N10O/c1-33(2)8-7-18-26-13-15(14-27-18)28-21-30-22(34-9-11-36-12-10-34)32-23(31-21)35-17-6-4-3-5-16(17)29-20(35)19(24)25/h3-6,13-14,19H,7-12H2,1-2H3,(H,28,30,31,32). The third kappa shape index (κ3) is 5.21. The van der Waals surface area contributed by atoms with E-state index < -0.39 is 12.2 Å². The molecule has 13 heteroatoms. The van der Waals surface area contributed by atoms with Crippen LogP contribution in [-0.4, -0.2) is 86.3 Å². The molecule has 4 heterocycles. The van der Waals surface area contributed by atoms with Gasteiger partial charge in [-0.1, -0.05) is 12.1 Å². The molecule has 0 radical (unpaired) electrons. The third-order valence-electron chi connectivity index (χ3n) is 5.63. The number of ether oxygens (including phenoxy) is 1. The minimum absolute atomic E-state index is 0.0431. The lowest BCUT2D eigenvalue weighted by molar-refractivity contribution is 0.122. The molecule has 0 saturated carbocycles. The van der Waals surface area contributed by atoms with Gasteiger partial charge in [0.15, 0.2) is 5.82 Å². The number of morpholine rings is 1. The number of rotatable bonds is 8. The zero-order valence-corrected chi connectivity index (χ0v) is 20.0. The van der Waals surface area contributed by atoms with Gasteiger partial charge in [0.1, 0.15) is 5.82 Å². The van der Waals surface area contributed by atoms with E-state index in [4.69, 9.17) is 4.74 Å². The highest BCUT2D eigenvalue weighted by molar-refractivity contribution is 5.77. The number of nitrogens with zero attached hydrogens (tertiary/aromatic N) is 9. The number of likely N-dealkylation sites (N-methyl/N-ethyl adjacent to an activating group) is 1. The van der Waals surface area contributed by atoms with Gasteiger partial charge < -0.3 is 19.9 Å². The average molecular weight is 497 g/mol. The van der Waals surface area contributed by atoms with Crippen molar-refractivity contribution in [2.24, 2.45) is 0 Å². The summed E-state index contributed by atoms with van der Waals surface area (Å²) in [5.41, 5.74) is 1.47. The number of para-hydroxylation sites is 2. The summed E-state index contributed by atoms with van der Waals surface area (Å²) >= 11 is 0. The molecule has 0 unspecified atom stereocenters. The Labute approximate surface area is 206 Å². The number of imidazole rings is 1. The van der Waals surface area contributed by atoms with Gasteiger partial charge in [-0.25, -0.2) is 23.7 Å². The number of benzene rings is 1. The molecule has 188 valence electrons. The van der Waals surface area contributed by atoms with Crippen molar-refractivity contribution in [2.45, 2.75) is 12.8 Å². The Morgan fingerprint density at radius 3 is 2.44 bits per heavy atom. The Kier molecular flexibility index (Phi) is 6.91. The van der Waals surface area contributed by atoms with Crippen LogP contribution in [0, 0.1) is 0 Å². The molecule has 5 rings (SSSR count). The van der Waals surface area contributed by atoms with E-state index in [0.717, 1.165) is 6.54 Å². The summed E-state index contributed by atoms with van der Waals surface area (Å²) in [5, 5.41) is 3.10. The van der Waals surface area contributed by atoms with Crippen LogP contribution in [-0.2, 0) is 11.2 Å². The Morgan fingerprint density at radius 1 is 1.00 bits per heavy atom. The van der Waals surface area contributed by atoms with Crippen LogP contribution in [0.15, 0.2) is 36.7 Å². The Bertz CT molecular complexity index is 1320. The highest BCUT2D eigenvalue weighted by atomic mass is 19.3. The molecule has 0 bridgehead atoms. The van der Waals surface area contributed by atoms with Crippen LogP contribution < -0.4 is 10.2 Å². The van der Waals surface area contributed by atoms with Crippen molar-refractivity contribution in [2.75, 3.05) is 57.2 Å². The molecular formula is C23H26F2N10O. The van der Waals surface area contributed by atoms with Crippen molar-refractivity contribution < 1.29 is 13.5 Å². The topological polar surface area (TPSA) is 110 Å². The van der Waals surface area contributed by atoms with Gasteiger partial charge in [-0.05, 0) is 26.2 Å². The maximum Gasteiger partial charge on any atom is 0.296 e. The minimum Gasteiger partial charge on any atom is -0.378 e. The van der Waals surface area contributed by atoms with Crippen LogP contribution in [0.4, 0.5) is 26.4 Å². The van der Waals surface area contributed by atoms with Crippen LogP contribution in [0.5, 0.6) is 0 Å².